The molecule has 0 amide bonds. The molecule has 0 unspecified atom stereocenters. The molecule has 1 aliphatic heterocycles. The average Bonchev–Trinajstić information content (AvgIpc) is 2.55. The van der Waals surface area contributed by atoms with Crippen molar-refractivity contribution in [2.45, 2.75) is 44.9 Å². The number of nitrogens with zero attached hydrogens (tertiary/aromatic N) is 2. The lowest BCUT2D eigenvalue weighted by atomic mass is 9.96. The molecule has 4 heteroatoms. The SMILES string of the molecule is C[C@@H]1C[C@H](Oc2cccc(Br)n2)CCN1[C@@H](C)c1ccccc1. The van der Waals surface area contributed by atoms with Crippen LogP contribution in [0, 0.1) is 0 Å². The first-order valence-electron chi connectivity index (χ1n) is 8.23. The van der Waals surface area contributed by atoms with Gasteiger partial charge in [-0.2, -0.15) is 0 Å². The molecule has 23 heavy (non-hydrogen) atoms. The molecule has 0 aliphatic carbocycles. The summed E-state index contributed by atoms with van der Waals surface area (Å²) in [6.07, 6.45) is 2.31. The monoisotopic (exact) mass is 374 g/mol. The molecule has 122 valence electrons. The predicted octanol–water partition coefficient (Wildman–Crippen LogP) is 4.84. The number of hydrogen-bond donors (Lipinski definition) is 0. The van der Waals surface area contributed by atoms with Crippen molar-refractivity contribution in [2.24, 2.45) is 0 Å². The zero-order valence-electron chi connectivity index (χ0n) is 13.7. The number of hydrogen-bond acceptors (Lipinski definition) is 3. The molecule has 0 spiro atoms. The van der Waals surface area contributed by atoms with E-state index < -0.39 is 0 Å². The second kappa shape index (κ2) is 7.45. The van der Waals surface area contributed by atoms with Gasteiger partial charge in [0.15, 0.2) is 0 Å². The zero-order valence-corrected chi connectivity index (χ0v) is 15.2. The van der Waals surface area contributed by atoms with Crippen LogP contribution in [0.4, 0.5) is 0 Å². The van der Waals surface area contributed by atoms with Crippen LogP contribution in [-0.4, -0.2) is 28.6 Å². The van der Waals surface area contributed by atoms with Crippen molar-refractivity contribution >= 4 is 15.9 Å². The average molecular weight is 375 g/mol. The second-order valence-electron chi connectivity index (χ2n) is 6.24. The Kier molecular flexibility index (Phi) is 5.34. The molecule has 0 N–H and O–H groups in total. The fourth-order valence-electron chi connectivity index (χ4n) is 3.38. The molecule has 1 aliphatic rings. The smallest absolute Gasteiger partial charge is 0.214 e. The largest absolute Gasteiger partial charge is 0.474 e. The highest BCUT2D eigenvalue weighted by atomic mass is 79.9. The van der Waals surface area contributed by atoms with Crippen LogP contribution in [0.25, 0.3) is 0 Å². The quantitative estimate of drug-likeness (QED) is 0.716. The van der Waals surface area contributed by atoms with Gasteiger partial charge in [-0.1, -0.05) is 36.4 Å². The summed E-state index contributed by atoms with van der Waals surface area (Å²) in [5.41, 5.74) is 1.38. The molecule has 3 atom stereocenters. The Morgan fingerprint density at radius 2 is 1.96 bits per heavy atom. The number of aromatic nitrogens is 1. The predicted molar refractivity (Wildman–Crippen MR) is 96.6 cm³/mol. The van der Waals surface area contributed by atoms with E-state index in [0.29, 0.717) is 18.0 Å². The number of piperidine rings is 1. The first-order valence-corrected chi connectivity index (χ1v) is 9.02. The van der Waals surface area contributed by atoms with Crippen molar-refractivity contribution < 1.29 is 4.74 Å². The topological polar surface area (TPSA) is 25.4 Å². The summed E-state index contributed by atoms with van der Waals surface area (Å²) in [6, 6.07) is 17.5. The van der Waals surface area contributed by atoms with Crippen molar-refractivity contribution in [3.05, 3.63) is 58.7 Å². The minimum absolute atomic E-state index is 0.242. The molecule has 2 heterocycles. The number of benzene rings is 1. The highest BCUT2D eigenvalue weighted by Gasteiger charge is 2.30. The normalized spacial score (nSPS) is 23.4. The van der Waals surface area contributed by atoms with E-state index in [1.807, 2.05) is 18.2 Å². The molecule has 3 rings (SSSR count). The fraction of sp³-hybridized carbons (Fsp3) is 0.421. The molecular formula is C19H23BrN2O. The Hall–Kier alpha value is -1.39. The van der Waals surface area contributed by atoms with E-state index >= 15 is 0 Å². The lowest BCUT2D eigenvalue weighted by Gasteiger charge is -2.41. The Labute approximate surface area is 146 Å². The van der Waals surface area contributed by atoms with Crippen LogP contribution in [0.2, 0.25) is 0 Å². The number of rotatable bonds is 4. The fourth-order valence-corrected chi connectivity index (χ4v) is 3.71. The molecule has 0 radical (unpaired) electrons. The summed E-state index contributed by atoms with van der Waals surface area (Å²) >= 11 is 3.39. The molecule has 0 saturated carbocycles. The molecule has 2 aromatic rings. The Morgan fingerprint density at radius 1 is 1.17 bits per heavy atom. The van der Waals surface area contributed by atoms with E-state index in [4.69, 9.17) is 4.74 Å². The Bertz CT molecular complexity index is 634. The first-order chi connectivity index (χ1) is 11.1. The van der Waals surface area contributed by atoms with E-state index in [2.05, 4.69) is 70.0 Å². The van der Waals surface area contributed by atoms with Gasteiger partial charge in [0.2, 0.25) is 5.88 Å². The summed E-state index contributed by atoms with van der Waals surface area (Å²) in [5.74, 6) is 0.709. The molecule has 1 aromatic heterocycles. The lowest BCUT2D eigenvalue weighted by molar-refractivity contribution is 0.0379. The van der Waals surface area contributed by atoms with Gasteiger partial charge in [-0.15, -0.1) is 0 Å². The van der Waals surface area contributed by atoms with Gasteiger partial charge in [-0.05, 0) is 54.2 Å². The molecule has 1 fully saturated rings. The standard InChI is InChI=1S/C19H23BrN2O/c1-14-13-17(23-19-10-6-9-18(20)21-19)11-12-22(14)15(2)16-7-4-3-5-8-16/h3-10,14-15,17H,11-13H2,1-2H3/t14-,15+,17-/m1/s1. The maximum absolute atomic E-state index is 6.07. The van der Waals surface area contributed by atoms with E-state index in [1.165, 1.54) is 5.56 Å². The van der Waals surface area contributed by atoms with Crippen LogP contribution in [0.1, 0.15) is 38.3 Å². The summed E-state index contributed by atoms with van der Waals surface area (Å²) in [7, 11) is 0. The van der Waals surface area contributed by atoms with Crippen molar-refractivity contribution in [3.63, 3.8) is 0 Å². The Morgan fingerprint density at radius 3 is 2.65 bits per heavy atom. The highest BCUT2D eigenvalue weighted by Crippen LogP contribution is 2.29. The van der Waals surface area contributed by atoms with Gasteiger partial charge in [0, 0.05) is 24.7 Å². The maximum atomic E-state index is 6.07. The van der Waals surface area contributed by atoms with Crippen molar-refractivity contribution in [1.82, 2.24) is 9.88 Å². The molecule has 0 bridgehead atoms. The van der Waals surface area contributed by atoms with Crippen LogP contribution in [0.5, 0.6) is 5.88 Å². The summed E-state index contributed by atoms with van der Waals surface area (Å²) in [6.45, 7) is 5.64. The molecule has 1 saturated heterocycles. The summed E-state index contributed by atoms with van der Waals surface area (Å²) in [4.78, 5) is 6.95. The van der Waals surface area contributed by atoms with Gasteiger partial charge in [0.05, 0.1) is 0 Å². The number of ether oxygens (including phenoxy) is 1. The molecule has 1 aromatic carbocycles. The highest BCUT2D eigenvalue weighted by molar-refractivity contribution is 9.10. The van der Waals surface area contributed by atoms with Crippen LogP contribution in [0.3, 0.4) is 0 Å². The van der Waals surface area contributed by atoms with Crippen LogP contribution >= 0.6 is 15.9 Å². The number of pyridine rings is 1. The third-order valence-corrected chi connectivity index (χ3v) is 5.08. The van der Waals surface area contributed by atoms with Crippen molar-refractivity contribution in [2.75, 3.05) is 6.54 Å². The van der Waals surface area contributed by atoms with Crippen molar-refractivity contribution in [3.8, 4) is 5.88 Å². The first kappa shape index (κ1) is 16.5. The summed E-state index contributed by atoms with van der Waals surface area (Å²) in [5, 5.41) is 0. The third-order valence-electron chi connectivity index (χ3n) is 4.64. The second-order valence-corrected chi connectivity index (χ2v) is 7.05. The van der Waals surface area contributed by atoms with E-state index in [0.717, 1.165) is 24.0 Å². The minimum Gasteiger partial charge on any atom is -0.474 e. The van der Waals surface area contributed by atoms with Gasteiger partial charge in [0.25, 0.3) is 0 Å². The maximum Gasteiger partial charge on any atom is 0.214 e. The van der Waals surface area contributed by atoms with E-state index in [-0.39, 0.29) is 6.10 Å². The zero-order chi connectivity index (χ0) is 16.2. The van der Waals surface area contributed by atoms with Gasteiger partial charge < -0.3 is 4.74 Å². The number of likely N-dealkylation sites (tertiary alicyclic amines) is 1. The van der Waals surface area contributed by atoms with Gasteiger partial charge in [-0.25, -0.2) is 4.98 Å². The minimum atomic E-state index is 0.242. The van der Waals surface area contributed by atoms with Crippen molar-refractivity contribution in [1.29, 1.82) is 0 Å². The van der Waals surface area contributed by atoms with Crippen LogP contribution in [-0.2, 0) is 0 Å². The van der Waals surface area contributed by atoms with E-state index in [1.54, 1.807) is 0 Å². The third kappa shape index (κ3) is 4.12. The lowest BCUT2D eigenvalue weighted by Crippen LogP contribution is -2.45. The van der Waals surface area contributed by atoms with Gasteiger partial charge in [0.1, 0.15) is 10.7 Å². The van der Waals surface area contributed by atoms with Gasteiger partial charge in [-0.3, -0.25) is 4.90 Å². The summed E-state index contributed by atoms with van der Waals surface area (Å²) < 4.78 is 6.89. The van der Waals surface area contributed by atoms with Gasteiger partial charge >= 0.3 is 0 Å². The Balaban J connectivity index is 1.61. The van der Waals surface area contributed by atoms with Crippen LogP contribution < -0.4 is 4.74 Å². The van der Waals surface area contributed by atoms with Crippen LogP contribution in [0.15, 0.2) is 53.1 Å². The number of halogens is 1. The van der Waals surface area contributed by atoms with E-state index in [9.17, 15) is 0 Å². The molecule has 3 nitrogen and oxygen atoms in total. The molecular weight excluding hydrogens is 352 g/mol.